The molecule has 1 aromatic heterocycles. The van der Waals surface area contributed by atoms with E-state index in [0.717, 1.165) is 11.9 Å². The van der Waals surface area contributed by atoms with E-state index in [4.69, 9.17) is 0 Å². The van der Waals surface area contributed by atoms with Gasteiger partial charge in [-0.3, -0.25) is 4.57 Å². The number of rotatable bonds is 5. The molecule has 1 heterocycles. The highest BCUT2D eigenvalue weighted by Crippen LogP contribution is 2.34. The standard InChI is InChI=1S/C20H35N5/c1-4-10-16(11-5-1)21-19-23-24-20(22-17-12-6-2-7-13-17)25(19)18-14-8-3-9-15-18/h16-18H,1-15H2,(H,21,23)(H,22,24). The molecule has 0 amide bonds. The lowest BCUT2D eigenvalue weighted by Gasteiger charge is -2.30. The van der Waals surface area contributed by atoms with E-state index in [1.54, 1.807) is 0 Å². The molecule has 0 aromatic carbocycles. The van der Waals surface area contributed by atoms with Gasteiger partial charge in [-0.15, -0.1) is 10.2 Å². The summed E-state index contributed by atoms with van der Waals surface area (Å²) in [6, 6.07) is 1.74. The SMILES string of the molecule is C1CCC(Nc2nnc(NC3CCCCC3)n2C2CCCCC2)CC1. The zero-order chi connectivity index (χ0) is 16.9. The zero-order valence-corrected chi connectivity index (χ0v) is 15.7. The Bertz CT molecular complexity index is 485. The maximum Gasteiger partial charge on any atom is 0.226 e. The lowest BCUT2D eigenvalue weighted by atomic mass is 9.94. The number of nitrogens with zero attached hydrogens (tertiary/aromatic N) is 3. The average Bonchev–Trinajstić information content (AvgIpc) is 3.06. The van der Waals surface area contributed by atoms with E-state index in [2.05, 4.69) is 25.4 Å². The van der Waals surface area contributed by atoms with Crippen LogP contribution in [-0.2, 0) is 0 Å². The first-order chi connectivity index (χ1) is 12.4. The molecule has 5 nitrogen and oxygen atoms in total. The van der Waals surface area contributed by atoms with Crippen molar-refractivity contribution in [1.82, 2.24) is 14.8 Å². The third-order valence-electron chi connectivity index (χ3n) is 6.51. The second-order valence-electron chi connectivity index (χ2n) is 8.47. The van der Waals surface area contributed by atoms with Gasteiger partial charge in [0.1, 0.15) is 0 Å². The number of nitrogens with one attached hydrogen (secondary N) is 2. The van der Waals surface area contributed by atoms with Crippen molar-refractivity contribution in [3.63, 3.8) is 0 Å². The smallest absolute Gasteiger partial charge is 0.226 e. The molecule has 0 radical (unpaired) electrons. The molecule has 0 spiro atoms. The minimum atomic E-state index is 0.570. The summed E-state index contributed by atoms with van der Waals surface area (Å²) in [5.74, 6) is 2.05. The highest BCUT2D eigenvalue weighted by Gasteiger charge is 2.26. The normalized spacial score (nSPS) is 24.3. The fourth-order valence-electron chi connectivity index (χ4n) is 5.03. The van der Waals surface area contributed by atoms with Crippen LogP contribution in [0.2, 0.25) is 0 Å². The van der Waals surface area contributed by atoms with Crippen molar-refractivity contribution < 1.29 is 0 Å². The lowest BCUT2D eigenvalue weighted by Crippen LogP contribution is -2.28. The molecule has 0 saturated heterocycles. The van der Waals surface area contributed by atoms with Crippen LogP contribution in [0, 0.1) is 0 Å². The summed E-state index contributed by atoms with van der Waals surface area (Å²) in [6.07, 6.45) is 19.9. The van der Waals surface area contributed by atoms with Gasteiger partial charge in [0.2, 0.25) is 11.9 Å². The van der Waals surface area contributed by atoms with Crippen LogP contribution in [0.4, 0.5) is 11.9 Å². The summed E-state index contributed by atoms with van der Waals surface area (Å²) in [7, 11) is 0. The second-order valence-corrected chi connectivity index (χ2v) is 8.47. The minimum absolute atomic E-state index is 0.570. The summed E-state index contributed by atoms with van der Waals surface area (Å²) >= 11 is 0. The molecule has 3 saturated carbocycles. The van der Waals surface area contributed by atoms with E-state index < -0.39 is 0 Å². The highest BCUT2D eigenvalue weighted by molar-refractivity contribution is 5.40. The van der Waals surface area contributed by atoms with E-state index in [1.807, 2.05) is 0 Å². The molecule has 3 aliphatic carbocycles. The fourth-order valence-corrected chi connectivity index (χ4v) is 5.03. The van der Waals surface area contributed by atoms with Gasteiger partial charge in [0.25, 0.3) is 0 Å². The maximum atomic E-state index is 4.59. The van der Waals surface area contributed by atoms with Gasteiger partial charge >= 0.3 is 0 Å². The molecule has 140 valence electrons. The first-order valence-corrected chi connectivity index (χ1v) is 10.9. The van der Waals surface area contributed by atoms with Crippen LogP contribution in [0.25, 0.3) is 0 Å². The molecule has 0 aliphatic heterocycles. The van der Waals surface area contributed by atoms with E-state index in [0.29, 0.717) is 18.1 Å². The van der Waals surface area contributed by atoms with Crippen LogP contribution in [0.15, 0.2) is 0 Å². The first-order valence-electron chi connectivity index (χ1n) is 10.9. The number of aromatic nitrogens is 3. The Balaban J connectivity index is 1.52. The van der Waals surface area contributed by atoms with Gasteiger partial charge < -0.3 is 10.6 Å². The predicted octanol–water partition coefficient (Wildman–Crippen LogP) is 5.27. The topological polar surface area (TPSA) is 54.8 Å². The van der Waals surface area contributed by atoms with E-state index in [-0.39, 0.29) is 0 Å². The number of hydrogen-bond acceptors (Lipinski definition) is 4. The van der Waals surface area contributed by atoms with E-state index in [1.165, 1.54) is 96.3 Å². The summed E-state index contributed by atoms with van der Waals surface area (Å²) in [5.41, 5.74) is 0. The third-order valence-corrected chi connectivity index (χ3v) is 6.51. The molecule has 3 fully saturated rings. The lowest BCUT2D eigenvalue weighted by molar-refractivity contribution is 0.353. The molecule has 0 unspecified atom stereocenters. The summed E-state index contributed by atoms with van der Waals surface area (Å²) < 4.78 is 2.43. The maximum absolute atomic E-state index is 4.59. The molecule has 4 rings (SSSR count). The van der Waals surface area contributed by atoms with Crippen molar-refractivity contribution in [2.24, 2.45) is 0 Å². The minimum Gasteiger partial charge on any atom is -0.352 e. The Labute approximate surface area is 152 Å². The molecule has 0 bridgehead atoms. The van der Waals surface area contributed by atoms with E-state index >= 15 is 0 Å². The van der Waals surface area contributed by atoms with Gasteiger partial charge in [0, 0.05) is 18.1 Å². The molecule has 1 aromatic rings. The molecule has 3 aliphatic rings. The van der Waals surface area contributed by atoms with Crippen molar-refractivity contribution >= 4 is 11.9 Å². The zero-order valence-electron chi connectivity index (χ0n) is 15.7. The van der Waals surface area contributed by atoms with Gasteiger partial charge in [0.15, 0.2) is 0 Å². The van der Waals surface area contributed by atoms with Crippen LogP contribution in [-0.4, -0.2) is 26.8 Å². The van der Waals surface area contributed by atoms with Crippen LogP contribution < -0.4 is 10.6 Å². The fraction of sp³-hybridized carbons (Fsp3) is 0.900. The van der Waals surface area contributed by atoms with Crippen LogP contribution >= 0.6 is 0 Å². The van der Waals surface area contributed by atoms with Crippen LogP contribution in [0.3, 0.4) is 0 Å². The third kappa shape index (κ3) is 4.29. The number of anilines is 2. The van der Waals surface area contributed by atoms with Crippen molar-refractivity contribution in [1.29, 1.82) is 0 Å². The average molecular weight is 346 g/mol. The van der Waals surface area contributed by atoms with Gasteiger partial charge in [-0.2, -0.15) is 0 Å². The van der Waals surface area contributed by atoms with Gasteiger partial charge in [-0.1, -0.05) is 57.8 Å². The molecule has 0 atom stereocenters. The van der Waals surface area contributed by atoms with E-state index in [9.17, 15) is 0 Å². The highest BCUT2D eigenvalue weighted by atomic mass is 15.4. The van der Waals surface area contributed by atoms with Gasteiger partial charge in [0.05, 0.1) is 0 Å². The van der Waals surface area contributed by atoms with Crippen molar-refractivity contribution in [3.8, 4) is 0 Å². The summed E-state index contributed by atoms with van der Waals surface area (Å²) in [4.78, 5) is 0. The molecular weight excluding hydrogens is 310 g/mol. The van der Waals surface area contributed by atoms with Crippen molar-refractivity contribution in [2.75, 3.05) is 10.6 Å². The van der Waals surface area contributed by atoms with Crippen LogP contribution in [0.1, 0.15) is 102 Å². The number of hydrogen-bond donors (Lipinski definition) is 2. The largest absolute Gasteiger partial charge is 0.352 e. The van der Waals surface area contributed by atoms with Gasteiger partial charge in [-0.25, -0.2) is 0 Å². The molecule has 5 heteroatoms. The van der Waals surface area contributed by atoms with Gasteiger partial charge in [-0.05, 0) is 38.5 Å². The Morgan fingerprint density at radius 3 is 1.40 bits per heavy atom. The first kappa shape index (κ1) is 17.2. The molecular formula is C20H35N5. The molecule has 25 heavy (non-hydrogen) atoms. The Kier molecular flexibility index (Phi) is 5.78. The second kappa shape index (κ2) is 8.41. The van der Waals surface area contributed by atoms with Crippen molar-refractivity contribution in [2.45, 2.75) is 114 Å². The Hall–Kier alpha value is -1.26. The van der Waals surface area contributed by atoms with Crippen LogP contribution in [0.5, 0.6) is 0 Å². The predicted molar refractivity (Wildman–Crippen MR) is 103 cm³/mol. The van der Waals surface area contributed by atoms with Crippen molar-refractivity contribution in [3.05, 3.63) is 0 Å². The monoisotopic (exact) mass is 345 g/mol. The summed E-state index contributed by atoms with van der Waals surface area (Å²) in [6.45, 7) is 0. The molecule has 2 N–H and O–H groups in total. The Morgan fingerprint density at radius 2 is 0.960 bits per heavy atom. The summed E-state index contributed by atoms with van der Waals surface area (Å²) in [5, 5.41) is 16.7. The Morgan fingerprint density at radius 1 is 0.560 bits per heavy atom. The quantitative estimate of drug-likeness (QED) is 0.763.